The molecule has 3 aliphatic rings. The highest BCUT2D eigenvalue weighted by Crippen LogP contribution is 2.20. The molecule has 0 bridgehead atoms. The van der Waals surface area contributed by atoms with Crippen LogP contribution in [0.25, 0.3) is 0 Å². The van der Waals surface area contributed by atoms with Crippen LogP contribution in [0.2, 0.25) is 0 Å². The lowest BCUT2D eigenvalue weighted by Crippen LogP contribution is -2.56. The lowest BCUT2D eigenvalue weighted by molar-refractivity contribution is 0.00225. The fourth-order valence-electron chi connectivity index (χ4n) is 3.27. The number of ether oxygens (including phenoxy) is 3. The van der Waals surface area contributed by atoms with E-state index < -0.39 is 0 Å². The van der Waals surface area contributed by atoms with Gasteiger partial charge < -0.3 is 19.5 Å². The van der Waals surface area contributed by atoms with Gasteiger partial charge in [0.15, 0.2) is 0 Å². The minimum atomic E-state index is -0.309. The highest BCUT2D eigenvalue weighted by atomic mass is 16.6. The summed E-state index contributed by atoms with van der Waals surface area (Å²) in [6.07, 6.45) is 3.76. The van der Waals surface area contributed by atoms with Crippen molar-refractivity contribution in [1.82, 2.24) is 10.2 Å². The summed E-state index contributed by atoms with van der Waals surface area (Å²) < 4.78 is 16.2. The zero-order chi connectivity index (χ0) is 13.8. The number of nitrogens with one attached hydrogen (secondary N) is 1. The molecule has 0 spiro atoms. The zero-order valence-corrected chi connectivity index (χ0v) is 11.9. The molecule has 0 aromatic carbocycles. The highest BCUT2D eigenvalue weighted by Gasteiger charge is 2.34. The molecule has 1 N–H and O–H groups in total. The number of carbonyl (C=O) groups excluding carboxylic acids is 1. The number of alkyl carbamates (subject to hydrolysis) is 1. The summed E-state index contributed by atoms with van der Waals surface area (Å²) in [7, 11) is 0. The van der Waals surface area contributed by atoms with Gasteiger partial charge in [-0.1, -0.05) is 0 Å². The van der Waals surface area contributed by atoms with Crippen molar-refractivity contribution in [2.45, 2.75) is 43.9 Å². The Morgan fingerprint density at radius 2 is 1.85 bits per heavy atom. The molecular weight excluding hydrogens is 260 g/mol. The van der Waals surface area contributed by atoms with E-state index in [4.69, 9.17) is 14.2 Å². The van der Waals surface area contributed by atoms with Crippen molar-refractivity contribution in [2.75, 3.05) is 39.5 Å². The molecule has 3 rings (SSSR count). The summed E-state index contributed by atoms with van der Waals surface area (Å²) in [5, 5.41) is 3.03. The maximum absolute atomic E-state index is 12.0. The maximum atomic E-state index is 12.0. The molecule has 114 valence electrons. The molecular formula is C14H24N2O4. The van der Waals surface area contributed by atoms with Gasteiger partial charge >= 0.3 is 6.09 Å². The first kappa shape index (κ1) is 14.1. The fourth-order valence-corrected chi connectivity index (χ4v) is 3.27. The van der Waals surface area contributed by atoms with Crippen LogP contribution in [-0.2, 0) is 14.2 Å². The van der Waals surface area contributed by atoms with Crippen molar-refractivity contribution in [3.63, 3.8) is 0 Å². The van der Waals surface area contributed by atoms with Crippen molar-refractivity contribution >= 4 is 6.09 Å². The Balaban J connectivity index is 1.51. The van der Waals surface area contributed by atoms with Gasteiger partial charge in [0, 0.05) is 13.0 Å². The quantitative estimate of drug-likeness (QED) is 0.829. The largest absolute Gasteiger partial charge is 0.444 e. The van der Waals surface area contributed by atoms with Crippen molar-refractivity contribution < 1.29 is 19.0 Å². The van der Waals surface area contributed by atoms with Crippen molar-refractivity contribution in [3.8, 4) is 0 Å². The Kier molecular flexibility index (Phi) is 4.75. The van der Waals surface area contributed by atoms with E-state index in [2.05, 4.69) is 10.2 Å². The first-order valence-corrected chi connectivity index (χ1v) is 7.69. The summed E-state index contributed by atoms with van der Waals surface area (Å²) in [6.45, 7) is 4.84. The zero-order valence-electron chi connectivity index (χ0n) is 11.9. The number of amides is 1. The molecule has 3 aliphatic heterocycles. The molecule has 0 aromatic rings. The molecule has 0 aliphatic carbocycles. The van der Waals surface area contributed by atoms with Crippen molar-refractivity contribution in [2.24, 2.45) is 0 Å². The van der Waals surface area contributed by atoms with Crippen LogP contribution < -0.4 is 5.32 Å². The van der Waals surface area contributed by atoms with Crippen LogP contribution in [0.4, 0.5) is 4.79 Å². The lowest BCUT2D eigenvalue weighted by Gasteiger charge is -2.37. The molecule has 3 atom stereocenters. The van der Waals surface area contributed by atoms with Gasteiger partial charge in [0.25, 0.3) is 0 Å². The van der Waals surface area contributed by atoms with E-state index in [1.807, 2.05) is 0 Å². The van der Waals surface area contributed by atoms with E-state index in [1.165, 1.54) is 12.8 Å². The monoisotopic (exact) mass is 284 g/mol. The molecule has 3 saturated heterocycles. The molecule has 3 heterocycles. The second-order valence-electron chi connectivity index (χ2n) is 5.82. The van der Waals surface area contributed by atoms with E-state index in [-0.39, 0.29) is 18.2 Å². The molecule has 3 unspecified atom stereocenters. The van der Waals surface area contributed by atoms with E-state index in [0.29, 0.717) is 32.5 Å². The fraction of sp³-hybridized carbons (Fsp3) is 0.929. The molecule has 0 aromatic heterocycles. The first-order chi connectivity index (χ1) is 9.83. The Morgan fingerprint density at radius 1 is 1.10 bits per heavy atom. The molecule has 20 heavy (non-hydrogen) atoms. The Bertz CT molecular complexity index is 327. The van der Waals surface area contributed by atoms with Gasteiger partial charge in [-0.3, -0.25) is 4.90 Å². The van der Waals surface area contributed by atoms with E-state index in [0.717, 1.165) is 25.9 Å². The second kappa shape index (κ2) is 6.74. The van der Waals surface area contributed by atoms with Crippen molar-refractivity contribution in [3.05, 3.63) is 0 Å². The third-order valence-electron chi connectivity index (χ3n) is 4.40. The predicted octanol–water partition coefficient (Wildman–Crippen LogP) is 0.755. The number of hydrogen-bond donors (Lipinski definition) is 1. The highest BCUT2D eigenvalue weighted by molar-refractivity contribution is 5.68. The van der Waals surface area contributed by atoms with Gasteiger partial charge in [0.05, 0.1) is 31.9 Å². The van der Waals surface area contributed by atoms with Crippen LogP contribution in [0.3, 0.4) is 0 Å². The van der Waals surface area contributed by atoms with Gasteiger partial charge in [-0.05, 0) is 32.4 Å². The summed E-state index contributed by atoms with van der Waals surface area (Å²) >= 11 is 0. The SMILES string of the molecule is O=C(NC1CCOCC1N1CCCC1)OC1CCOC1. The average molecular weight is 284 g/mol. The van der Waals surface area contributed by atoms with Gasteiger partial charge in [0.2, 0.25) is 0 Å². The number of hydrogen-bond acceptors (Lipinski definition) is 5. The Hall–Kier alpha value is -0.850. The molecule has 6 heteroatoms. The smallest absolute Gasteiger partial charge is 0.407 e. The van der Waals surface area contributed by atoms with Crippen LogP contribution in [0.5, 0.6) is 0 Å². The molecule has 0 saturated carbocycles. The molecule has 0 radical (unpaired) electrons. The third kappa shape index (κ3) is 3.42. The lowest BCUT2D eigenvalue weighted by atomic mass is 10.0. The third-order valence-corrected chi connectivity index (χ3v) is 4.40. The first-order valence-electron chi connectivity index (χ1n) is 7.69. The van der Waals surface area contributed by atoms with Gasteiger partial charge in [-0.25, -0.2) is 4.79 Å². The summed E-state index contributed by atoms with van der Waals surface area (Å²) in [5.74, 6) is 0. The number of nitrogens with zero attached hydrogens (tertiary/aromatic N) is 1. The van der Waals surface area contributed by atoms with Gasteiger partial charge in [-0.15, -0.1) is 0 Å². The summed E-state index contributed by atoms with van der Waals surface area (Å²) in [5.41, 5.74) is 0. The van der Waals surface area contributed by atoms with Crippen LogP contribution in [-0.4, -0.2) is 68.7 Å². The average Bonchev–Trinajstić information content (AvgIpc) is 3.11. The van der Waals surface area contributed by atoms with Gasteiger partial charge in [0.1, 0.15) is 6.10 Å². The summed E-state index contributed by atoms with van der Waals surface area (Å²) in [6, 6.07) is 0.426. The minimum Gasteiger partial charge on any atom is -0.444 e. The standard InChI is InChI=1S/C14H24N2O4/c17-14(20-11-3-7-18-9-11)15-12-4-8-19-10-13(12)16-5-1-2-6-16/h11-13H,1-10H2,(H,15,17). The Labute approximate surface area is 119 Å². The normalized spacial score (nSPS) is 35.1. The number of rotatable bonds is 3. The van der Waals surface area contributed by atoms with E-state index in [1.54, 1.807) is 0 Å². The Morgan fingerprint density at radius 3 is 2.60 bits per heavy atom. The molecule has 3 fully saturated rings. The van der Waals surface area contributed by atoms with E-state index >= 15 is 0 Å². The number of carbonyl (C=O) groups is 1. The molecule has 1 amide bonds. The predicted molar refractivity (Wildman–Crippen MR) is 72.7 cm³/mol. The van der Waals surface area contributed by atoms with E-state index in [9.17, 15) is 4.79 Å². The number of likely N-dealkylation sites (tertiary alicyclic amines) is 1. The summed E-state index contributed by atoms with van der Waals surface area (Å²) in [4.78, 5) is 14.4. The minimum absolute atomic E-state index is 0.0833. The maximum Gasteiger partial charge on any atom is 0.407 e. The molecule has 6 nitrogen and oxygen atoms in total. The topological polar surface area (TPSA) is 60.0 Å². The van der Waals surface area contributed by atoms with Crippen LogP contribution in [0.15, 0.2) is 0 Å². The van der Waals surface area contributed by atoms with Crippen LogP contribution in [0, 0.1) is 0 Å². The second-order valence-corrected chi connectivity index (χ2v) is 5.82. The van der Waals surface area contributed by atoms with Gasteiger partial charge in [-0.2, -0.15) is 0 Å². The van der Waals surface area contributed by atoms with Crippen LogP contribution in [0.1, 0.15) is 25.7 Å². The van der Waals surface area contributed by atoms with Crippen LogP contribution >= 0.6 is 0 Å². The van der Waals surface area contributed by atoms with Crippen molar-refractivity contribution in [1.29, 1.82) is 0 Å².